The first kappa shape index (κ1) is 10.7. The third kappa shape index (κ3) is 2.32. The summed E-state index contributed by atoms with van der Waals surface area (Å²) < 4.78 is 4.33. The molecule has 0 aliphatic carbocycles. The molecule has 1 fully saturated rings. The van der Waals surface area contributed by atoms with Gasteiger partial charge in [0.25, 0.3) is 5.91 Å². The van der Waals surface area contributed by atoms with Gasteiger partial charge < -0.3 is 4.52 Å². The van der Waals surface area contributed by atoms with E-state index >= 15 is 0 Å². The Labute approximate surface area is 82.4 Å². The van der Waals surface area contributed by atoms with E-state index in [9.17, 15) is 4.79 Å². The van der Waals surface area contributed by atoms with Crippen LogP contribution in [0.25, 0.3) is 0 Å². The summed E-state index contributed by atoms with van der Waals surface area (Å²) in [6.07, 6.45) is 3.07. The van der Waals surface area contributed by atoms with E-state index in [2.05, 4.69) is 15.2 Å². The summed E-state index contributed by atoms with van der Waals surface area (Å²) in [7, 11) is 0. The topological polar surface area (TPSA) is 64.4 Å². The number of rotatable bonds is 0. The Morgan fingerprint density at radius 3 is 2.43 bits per heavy atom. The average molecular weight is 198 g/mol. The number of nitrogens with one attached hydrogen (secondary N) is 1. The van der Waals surface area contributed by atoms with Crippen molar-refractivity contribution in [3.05, 3.63) is 18.5 Å². The Morgan fingerprint density at radius 1 is 1.57 bits per heavy atom. The molecule has 1 N–H and O–H groups in total. The quantitative estimate of drug-likeness (QED) is 0.678. The SMILES string of the molecule is CC1ONC(=O)C1(C)C.c1cnoc1. The van der Waals surface area contributed by atoms with Crippen LogP contribution in [0.15, 0.2) is 23.0 Å². The minimum Gasteiger partial charge on any atom is -0.365 e. The van der Waals surface area contributed by atoms with Gasteiger partial charge in [0.15, 0.2) is 0 Å². The molecule has 1 aliphatic heterocycles. The van der Waals surface area contributed by atoms with Gasteiger partial charge in [-0.3, -0.25) is 9.63 Å². The van der Waals surface area contributed by atoms with Gasteiger partial charge in [-0.1, -0.05) is 5.16 Å². The van der Waals surface area contributed by atoms with E-state index < -0.39 is 0 Å². The van der Waals surface area contributed by atoms with Crippen LogP contribution in [0.4, 0.5) is 0 Å². The first-order valence-electron chi connectivity index (χ1n) is 4.35. The zero-order valence-corrected chi connectivity index (χ0v) is 8.48. The van der Waals surface area contributed by atoms with Crippen LogP contribution in [-0.4, -0.2) is 17.2 Å². The molecule has 2 heterocycles. The Kier molecular flexibility index (Phi) is 3.24. The van der Waals surface area contributed by atoms with Crippen LogP contribution in [0.2, 0.25) is 0 Å². The molecule has 1 aromatic rings. The summed E-state index contributed by atoms with van der Waals surface area (Å²) in [6.45, 7) is 5.60. The highest BCUT2D eigenvalue weighted by atomic mass is 16.7. The molecule has 14 heavy (non-hydrogen) atoms. The number of carbonyl (C=O) groups is 1. The van der Waals surface area contributed by atoms with Gasteiger partial charge in [-0.25, -0.2) is 5.48 Å². The molecule has 78 valence electrons. The third-order valence-corrected chi connectivity index (χ3v) is 2.28. The number of carbonyl (C=O) groups excluding carboxylic acids is 1. The summed E-state index contributed by atoms with van der Waals surface area (Å²) in [5.41, 5.74) is 1.96. The molecule has 0 radical (unpaired) electrons. The number of amides is 1. The zero-order chi connectivity index (χ0) is 10.6. The molecule has 0 bridgehead atoms. The van der Waals surface area contributed by atoms with E-state index in [0.29, 0.717) is 0 Å². The van der Waals surface area contributed by atoms with Gasteiger partial charge in [-0.2, -0.15) is 0 Å². The highest BCUT2D eigenvalue weighted by Crippen LogP contribution is 2.27. The molecular weight excluding hydrogens is 184 g/mol. The zero-order valence-electron chi connectivity index (χ0n) is 8.48. The second kappa shape index (κ2) is 4.23. The van der Waals surface area contributed by atoms with E-state index in [1.54, 1.807) is 12.3 Å². The van der Waals surface area contributed by atoms with Crippen molar-refractivity contribution in [2.24, 2.45) is 5.41 Å². The molecule has 1 unspecified atom stereocenters. The maximum atomic E-state index is 10.9. The fourth-order valence-corrected chi connectivity index (χ4v) is 0.781. The fraction of sp³-hybridized carbons (Fsp3) is 0.556. The fourth-order valence-electron chi connectivity index (χ4n) is 0.781. The summed E-state index contributed by atoms with van der Waals surface area (Å²) in [5.74, 6) is -0.0324. The lowest BCUT2D eigenvalue weighted by Crippen LogP contribution is -2.29. The van der Waals surface area contributed by atoms with E-state index in [0.717, 1.165) is 0 Å². The van der Waals surface area contributed by atoms with Crippen molar-refractivity contribution in [1.29, 1.82) is 0 Å². The van der Waals surface area contributed by atoms with Gasteiger partial charge in [0.1, 0.15) is 6.26 Å². The Morgan fingerprint density at radius 2 is 2.29 bits per heavy atom. The summed E-state index contributed by atoms with van der Waals surface area (Å²) in [6, 6.07) is 1.72. The second-order valence-corrected chi connectivity index (χ2v) is 3.60. The molecule has 2 rings (SSSR count). The van der Waals surface area contributed by atoms with Gasteiger partial charge in [0.2, 0.25) is 0 Å². The second-order valence-electron chi connectivity index (χ2n) is 3.60. The summed E-state index contributed by atoms with van der Waals surface area (Å²) in [5, 5.41) is 3.35. The number of hydroxylamine groups is 1. The first-order chi connectivity index (χ1) is 6.55. The van der Waals surface area contributed by atoms with E-state index in [-0.39, 0.29) is 17.4 Å². The molecule has 5 heteroatoms. The Hall–Kier alpha value is -1.36. The third-order valence-electron chi connectivity index (χ3n) is 2.28. The van der Waals surface area contributed by atoms with Crippen LogP contribution >= 0.6 is 0 Å². The maximum Gasteiger partial charge on any atom is 0.251 e. The van der Waals surface area contributed by atoms with Crippen LogP contribution in [0.3, 0.4) is 0 Å². The van der Waals surface area contributed by atoms with Crippen molar-refractivity contribution in [3.63, 3.8) is 0 Å². The molecule has 5 nitrogen and oxygen atoms in total. The number of aromatic nitrogens is 1. The number of hydrogen-bond donors (Lipinski definition) is 1. The monoisotopic (exact) mass is 198 g/mol. The lowest BCUT2D eigenvalue weighted by Gasteiger charge is -2.15. The van der Waals surface area contributed by atoms with Crippen molar-refractivity contribution >= 4 is 5.91 Å². The molecule has 1 saturated heterocycles. The predicted octanol–water partition coefficient (Wildman–Crippen LogP) is 1.14. The van der Waals surface area contributed by atoms with Crippen LogP contribution in [-0.2, 0) is 9.63 Å². The van der Waals surface area contributed by atoms with Crippen molar-refractivity contribution in [2.75, 3.05) is 0 Å². The molecule has 1 aromatic heterocycles. The number of hydrogen-bond acceptors (Lipinski definition) is 4. The van der Waals surface area contributed by atoms with Crippen LogP contribution in [0, 0.1) is 5.41 Å². The highest BCUT2D eigenvalue weighted by Gasteiger charge is 2.41. The molecular formula is C9H14N2O3. The van der Waals surface area contributed by atoms with Gasteiger partial charge >= 0.3 is 0 Å². The molecule has 0 aromatic carbocycles. The standard InChI is InChI=1S/C6H11NO2.C3H3NO/c1-4-6(2,3)5(8)7-9-4;1-2-4-5-3-1/h4H,1-3H3,(H,7,8);1-3H. The molecule has 1 atom stereocenters. The van der Waals surface area contributed by atoms with Crippen LogP contribution in [0.1, 0.15) is 20.8 Å². The van der Waals surface area contributed by atoms with Crippen LogP contribution in [0.5, 0.6) is 0 Å². The Balaban J connectivity index is 0.000000165. The Bertz CT molecular complexity index is 265. The van der Waals surface area contributed by atoms with Crippen molar-refractivity contribution in [3.8, 4) is 0 Å². The molecule has 0 saturated carbocycles. The van der Waals surface area contributed by atoms with Crippen LogP contribution < -0.4 is 5.48 Å². The van der Waals surface area contributed by atoms with Crippen molar-refractivity contribution in [1.82, 2.24) is 10.6 Å². The van der Waals surface area contributed by atoms with Gasteiger partial charge in [-0.15, -0.1) is 0 Å². The lowest BCUT2D eigenvalue weighted by molar-refractivity contribution is -0.128. The predicted molar refractivity (Wildman–Crippen MR) is 49.0 cm³/mol. The maximum absolute atomic E-state index is 10.9. The molecule has 0 spiro atoms. The minimum atomic E-state index is -0.361. The molecule has 1 aliphatic rings. The smallest absolute Gasteiger partial charge is 0.251 e. The van der Waals surface area contributed by atoms with E-state index in [1.807, 2.05) is 20.8 Å². The number of nitrogens with zero attached hydrogens (tertiary/aromatic N) is 1. The highest BCUT2D eigenvalue weighted by molar-refractivity contribution is 5.82. The van der Waals surface area contributed by atoms with Gasteiger partial charge in [0.05, 0.1) is 17.7 Å². The summed E-state index contributed by atoms with van der Waals surface area (Å²) >= 11 is 0. The molecule has 1 amide bonds. The average Bonchev–Trinajstić information content (AvgIpc) is 2.75. The van der Waals surface area contributed by atoms with E-state index in [4.69, 9.17) is 4.84 Å². The van der Waals surface area contributed by atoms with Crippen molar-refractivity contribution < 1.29 is 14.2 Å². The van der Waals surface area contributed by atoms with Crippen molar-refractivity contribution in [2.45, 2.75) is 26.9 Å². The van der Waals surface area contributed by atoms with E-state index in [1.165, 1.54) is 6.26 Å². The minimum absolute atomic E-state index is 0.0231. The van der Waals surface area contributed by atoms with Gasteiger partial charge in [-0.05, 0) is 26.8 Å². The normalized spacial score (nSPS) is 23.6. The van der Waals surface area contributed by atoms with Gasteiger partial charge in [0, 0.05) is 0 Å². The largest absolute Gasteiger partial charge is 0.365 e. The lowest BCUT2D eigenvalue weighted by atomic mass is 9.88. The first-order valence-corrected chi connectivity index (χ1v) is 4.35. The summed E-state index contributed by atoms with van der Waals surface area (Å²) in [4.78, 5) is 15.8.